The van der Waals surface area contributed by atoms with Gasteiger partial charge in [-0.15, -0.1) is 0 Å². The minimum Gasteiger partial charge on any atom is -0.475 e. The molecule has 0 N–H and O–H groups in total. The average molecular weight is 302 g/mol. The van der Waals surface area contributed by atoms with Crippen molar-refractivity contribution < 1.29 is 4.74 Å². The molecule has 0 aliphatic rings. The molecule has 0 fully saturated rings. The Morgan fingerprint density at radius 3 is 2.71 bits per heavy atom. The van der Waals surface area contributed by atoms with E-state index in [1.165, 1.54) is 0 Å². The Hall–Kier alpha value is -0.840. The number of hydrogen-bond acceptors (Lipinski definition) is 4. The molecule has 0 saturated carbocycles. The standard InChI is InChI=1S/C12H20BrN3O/c1-4-6-16(7-5-13)11-8-12(15-9-14-11)17-10(2)3/h8-10H,4-7H2,1-3H3. The molecule has 0 aromatic carbocycles. The summed E-state index contributed by atoms with van der Waals surface area (Å²) in [7, 11) is 0. The summed E-state index contributed by atoms with van der Waals surface area (Å²) in [5.41, 5.74) is 0. The highest BCUT2D eigenvalue weighted by atomic mass is 79.9. The smallest absolute Gasteiger partial charge is 0.218 e. The van der Waals surface area contributed by atoms with Crippen molar-refractivity contribution in [2.45, 2.75) is 33.3 Å². The summed E-state index contributed by atoms with van der Waals surface area (Å²) in [4.78, 5) is 10.6. The highest BCUT2D eigenvalue weighted by molar-refractivity contribution is 9.09. The van der Waals surface area contributed by atoms with Gasteiger partial charge in [-0.1, -0.05) is 22.9 Å². The molecule has 0 bridgehead atoms. The Labute approximate surface area is 112 Å². The maximum atomic E-state index is 5.57. The van der Waals surface area contributed by atoms with Gasteiger partial charge in [0.1, 0.15) is 12.1 Å². The lowest BCUT2D eigenvalue weighted by atomic mass is 10.4. The third-order valence-corrected chi connectivity index (χ3v) is 2.51. The van der Waals surface area contributed by atoms with Crippen LogP contribution in [0.3, 0.4) is 0 Å². The van der Waals surface area contributed by atoms with Crippen molar-refractivity contribution in [2.24, 2.45) is 0 Å². The Balaban J connectivity index is 2.79. The van der Waals surface area contributed by atoms with Gasteiger partial charge in [0.15, 0.2) is 0 Å². The second-order valence-electron chi connectivity index (χ2n) is 4.06. The molecule has 0 radical (unpaired) electrons. The van der Waals surface area contributed by atoms with E-state index >= 15 is 0 Å². The molecule has 96 valence electrons. The molecule has 17 heavy (non-hydrogen) atoms. The molecule has 1 aromatic heterocycles. The van der Waals surface area contributed by atoms with E-state index < -0.39 is 0 Å². The fourth-order valence-corrected chi connectivity index (χ4v) is 1.95. The Morgan fingerprint density at radius 1 is 1.35 bits per heavy atom. The number of hydrogen-bond donors (Lipinski definition) is 0. The van der Waals surface area contributed by atoms with Crippen LogP contribution in [0, 0.1) is 0 Å². The van der Waals surface area contributed by atoms with Crippen molar-refractivity contribution >= 4 is 21.7 Å². The molecule has 0 unspecified atom stereocenters. The summed E-state index contributed by atoms with van der Waals surface area (Å²) in [6, 6.07) is 1.90. The van der Waals surface area contributed by atoms with Gasteiger partial charge in [-0.05, 0) is 20.3 Å². The number of rotatable bonds is 7. The van der Waals surface area contributed by atoms with Gasteiger partial charge in [0.05, 0.1) is 6.10 Å². The van der Waals surface area contributed by atoms with Crippen LogP contribution in [0.25, 0.3) is 0 Å². The highest BCUT2D eigenvalue weighted by Gasteiger charge is 2.08. The molecule has 1 heterocycles. The van der Waals surface area contributed by atoms with Crippen LogP contribution >= 0.6 is 15.9 Å². The second kappa shape index (κ2) is 7.48. The quantitative estimate of drug-likeness (QED) is 0.726. The summed E-state index contributed by atoms with van der Waals surface area (Å²) in [5, 5.41) is 0.928. The minimum absolute atomic E-state index is 0.133. The van der Waals surface area contributed by atoms with Crippen LogP contribution in [0.1, 0.15) is 27.2 Å². The van der Waals surface area contributed by atoms with Crippen LogP contribution in [-0.2, 0) is 0 Å². The zero-order chi connectivity index (χ0) is 12.7. The molecule has 4 nitrogen and oxygen atoms in total. The number of halogens is 1. The lowest BCUT2D eigenvalue weighted by Crippen LogP contribution is -2.27. The molecular weight excluding hydrogens is 282 g/mol. The van der Waals surface area contributed by atoms with Crippen molar-refractivity contribution in [1.82, 2.24) is 9.97 Å². The largest absolute Gasteiger partial charge is 0.475 e. The molecule has 0 amide bonds. The summed E-state index contributed by atoms with van der Waals surface area (Å²) < 4.78 is 5.57. The van der Waals surface area contributed by atoms with Crippen LogP contribution in [-0.4, -0.2) is 34.5 Å². The fraction of sp³-hybridized carbons (Fsp3) is 0.667. The van der Waals surface area contributed by atoms with Gasteiger partial charge in [0.25, 0.3) is 0 Å². The van der Waals surface area contributed by atoms with Gasteiger partial charge in [-0.2, -0.15) is 0 Å². The monoisotopic (exact) mass is 301 g/mol. The molecule has 0 spiro atoms. The molecule has 1 aromatic rings. The van der Waals surface area contributed by atoms with Gasteiger partial charge in [0, 0.05) is 24.5 Å². The van der Waals surface area contributed by atoms with Crippen molar-refractivity contribution in [3.8, 4) is 5.88 Å². The van der Waals surface area contributed by atoms with Gasteiger partial charge < -0.3 is 9.64 Å². The van der Waals surface area contributed by atoms with E-state index in [4.69, 9.17) is 4.74 Å². The number of alkyl halides is 1. The Morgan fingerprint density at radius 2 is 2.12 bits per heavy atom. The van der Waals surface area contributed by atoms with Crippen molar-refractivity contribution in [1.29, 1.82) is 0 Å². The maximum absolute atomic E-state index is 5.57. The van der Waals surface area contributed by atoms with Gasteiger partial charge in [-0.25, -0.2) is 9.97 Å². The van der Waals surface area contributed by atoms with E-state index in [1.807, 2.05) is 19.9 Å². The SMILES string of the molecule is CCCN(CCBr)c1cc(OC(C)C)ncn1. The summed E-state index contributed by atoms with van der Waals surface area (Å²) >= 11 is 3.46. The lowest BCUT2D eigenvalue weighted by Gasteiger charge is -2.22. The average Bonchev–Trinajstić information content (AvgIpc) is 2.28. The van der Waals surface area contributed by atoms with E-state index in [0.29, 0.717) is 5.88 Å². The van der Waals surface area contributed by atoms with Crippen LogP contribution in [0.15, 0.2) is 12.4 Å². The molecule has 0 saturated heterocycles. The van der Waals surface area contributed by atoms with Gasteiger partial charge in [0.2, 0.25) is 5.88 Å². The summed E-state index contributed by atoms with van der Waals surface area (Å²) in [6.45, 7) is 8.07. The molecule has 1 rings (SSSR count). The normalized spacial score (nSPS) is 10.6. The minimum atomic E-state index is 0.133. The zero-order valence-corrected chi connectivity index (χ0v) is 12.3. The Bertz CT molecular complexity index is 327. The number of anilines is 1. The van der Waals surface area contributed by atoms with E-state index in [2.05, 4.69) is 37.7 Å². The topological polar surface area (TPSA) is 38.2 Å². The fourth-order valence-electron chi connectivity index (χ4n) is 1.52. The molecule has 0 aliphatic carbocycles. The third-order valence-electron chi connectivity index (χ3n) is 2.16. The maximum Gasteiger partial charge on any atom is 0.218 e. The van der Waals surface area contributed by atoms with Crippen LogP contribution in [0.4, 0.5) is 5.82 Å². The molecular formula is C12H20BrN3O. The van der Waals surface area contributed by atoms with E-state index in [9.17, 15) is 0 Å². The number of ether oxygens (including phenoxy) is 1. The molecule has 0 aliphatic heterocycles. The molecule has 0 atom stereocenters. The number of aromatic nitrogens is 2. The van der Waals surface area contributed by atoms with E-state index in [-0.39, 0.29) is 6.10 Å². The predicted molar refractivity (Wildman–Crippen MR) is 74.1 cm³/mol. The first-order chi connectivity index (χ1) is 8.17. The summed E-state index contributed by atoms with van der Waals surface area (Å²) in [5.74, 6) is 1.57. The first-order valence-corrected chi connectivity index (χ1v) is 7.09. The first kappa shape index (κ1) is 14.2. The Kier molecular flexibility index (Phi) is 6.26. The van der Waals surface area contributed by atoms with Crippen LogP contribution in [0.2, 0.25) is 0 Å². The molecule has 5 heteroatoms. The number of nitrogens with zero attached hydrogens (tertiary/aromatic N) is 3. The third kappa shape index (κ3) is 4.89. The van der Waals surface area contributed by atoms with E-state index in [0.717, 1.165) is 30.7 Å². The van der Waals surface area contributed by atoms with Crippen LogP contribution in [0.5, 0.6) is 5.88 Å². The highest BCUT2D eigenvalue weighted by Crippen LogP contribution is 2.17. The van der Waals surface area contributed by atoms with Gasteiger partial charge >= 0.3 is 0 Å². The van der Waals surface area contributed by atoms with Crippen molar-refractivity contribution in [3.05, 3.63) is 12.4 Å². The second-order valence-corrected chi connectivity index (χ2v) is 4.85. The van der Waals surface area contributed by atoms with Crippen molar-refractivity contribution in [3.63, 3.8) is 0 Å². The zero-order valence-electron chi connectivity index (χ0n) is 10.7. The summed E-state index contributed by atoms with van der Waals surface area (Å²) in [6.07, 6.45) is 2.79. The van der Waals surface area contributed by atoms with E-state index in [1.54, 1.807) is 6.33 Å². The van der Waals surface area contributed by atoms with Crippen LogP contribution < -0.4 is 9.64 Å². The lowest BCUT2D eigenvalue weighted by molar-refractivity contribution is 0.232. The van der Waals surface area contributed by atoms with Gasteiger partial charge in [-0.3, -0.25) is 0 Å². The predicted octanol–water partition coefficient (Wildman–Crippen LogP) is 2.88. The van der Waals surface area contributed by atoms with Crippen molar-refractivity contribution in [2.75, 3.05) is 23.3 Å². The first-order valence-electron chi connectivity index (χ1n) is 5.97.